The summed E-state index contributed by atoms with van der Waals surface area (Å²) in [6, 6.07) is 7.33. The molecule has 0 bridgehead atoms. The van der Waals surface area contributed by atoms with Gasteiger partial charge in [0.05, 0.1) is 6.61 Å². The summed E-state index contributed by atoms with van der Waals surface area (Å²) in [7, 11) is 0. The van der Waals surface area contributed by atoms with Crippen molar-refractivity contribution >= 4 is 5.91 Å². The number of amides is 1. The van der Waals surface area contributed by atoms with Crippen LogP contribution in [0.25, 0.3) is 0 Å². The Bertz CT molecular complexity index is 401. The minimum absolute atomic E-state index is 0.394. The number of nitrogens with one attached hydrogen (secondary N) is 1. The molecule has 1 saturated heterocycles. The average molecular weight is 248 g/mol. The normalized spacial score (nSPS) is 19.0. The Morgan fingerprint density at radius 2 is 2.28 bits per heavy atom. The summed E-state index contributed by atoms with van der Waals surface area (Å²) in [6.45, 7) is 3.41. The van der Waals surface area contributed by atoms with E-state index in [1.807, 2.05) is 18.2 Å². The molecule has 0 spiro atoms. The fourth-order valence-electron chi connectivity index (χ4n) is 2.28. The van der Waals surface area contributed by atoms with Gasteiger partial charge in [0.25, 0.3) is 0 Å². The average Bonchev–Trinajstić information content (AvgIpc) is 2.88. The number of carbonyl (C=O) groups excluding carboxylic acids is 1. The lowest BCUT2D eigenvalue weighted by Gasteiger charge is -2.10. The van der Waals surface area contributed by atoms with E-state index < -0.39 is 5.91 Å². The molecule has 1 aliphatic heterocycles. The SMILES string of the molecule is NC(=O)c1ccccc1COCCC1CCNC1. The van der Waals surface area contributed by atoms with Gasteiger partial charge < -0.3 is 15.8 Å². The zero-order chi connectivity index (χ0) is 12.8. The topological polar surface area (TPSA) is 64.4 Å². The standard InChI is InChI=1S/C14H20N2O2/c15-14(17)13-4-2-1-3-12(13)10-18-8-6-11-5-7-16-9-11/h1-4,11,16H,5-10H2,(H2,15,17). The number of rotatable bonds is 6. The van der Waals surface area contributed by atoms with Crippen molar-refractivity contribution in [3.63, 3.8) is 0 Å². The Morgan fingerprint density at radius 3 is 3.00 bits per heavy atom. The molecule has 98 valence electrons. The monoisotopic (exact) mass is 248 g/mol. The Balaban J connectivity index is 1.77. The van der Waals surface area contributed by atoms with Crippen LogP contribution in [-0.2, 0) is 11.3 Å². The molecule has 1 aromatic rings. The molecule has 1 amide bonds. The van der Waals surface area contributed by atoms with Gasteiger partial charge in [-0.3, -0.25) is 4.79 Å². The van der Waals surface area contributed by atoms with Gasteiger partial charge in [0, 0.05) is 12.2 Å². The van der Waals surface area contributed by atoms with E-state index in [2.05, 4.69) is 5.32 Å². The predicted octanol–water partition coefficient (Wildman–Crippen LogP) is 1.30. The quantitative estimate of drug-likeness (QED) is 0.746. The molecule has 0 aromatic heterocycles. The van der Waals surface area contributed by atoms with E-state index >= 15 is 0 Å². The van der Waals surface area contributed by atoms with Gasteiger partial charge in [-0.05, 0) is 43.5 Å². The van der Waals surface area contributed by atoms with Crippen molar-refractivity contribution in [2.45, 2.75) is 19.4 Å². The van der Waals surface area contributed by atoms with Crippen LogP contribution in [0.2, 0.25) is 0 Å². The smallest absolute Gasteiger partial charge is 0.249 e. The lowest BCUT2D eigenvalue weighted by atomic mass is 10.1. The maximum Gasteiger partial charge on any atom is 0.249 e. The molecule has 1 heterocycles. The molecule has 2 rings (SSSR count). The summed E-state index contributed by atoms with van der Waals surface area (Å²) >= 11 is 0. The van der Waals surface area contributed by atoms with Gasteiger partial charge in [-0.25, -0.2) is 0 Å². The van der Waals surface area contributed by atoms with Crippen molar-refractivity contribution in [3.05, 3.63) is 35.4 Å². The van der Waals surface area contributed by atoms with Crippen LogP contribution in [0, 0.1) is 5.92 Å². The Kier molecular flexibility index (Phi) is 4.73. The summed E-state index contributed by atoms with van der Waals surface area (Å²) in [4.78, 5) is 11.2. The van der Waals surface area contributed by atoms with Gasteiger partial charge in [0.15, 0.2) is 0 Å². The molecule has 1 atom stereocenters. The zero-order valence-corrected chi connectivity index (χ0v) is 10.5. The third-order valence-corrected chi connectivity index (χ3v) is 3.37. The molecule has 0 radical (unpaired) electrons. The second-order valence-corrected chi connectivity index (χ2v) is 4.72. The van der Waals surface area contributed by atoms with Crippen LogP contribution in [-0.4, -0.2) is 25.6 Å². The van der Waals surface area contributed by atoms with Crippen molar-refractivity contribution in [2.75, 3.05) is 19.7 Å². The molecule has 1 unspecified atom stereocenters. The van der Waals surface area contributed by atoms with Crippen LogP contribution in [0.1, 0.15) is 28.8 Å². The molecule has 0 saturated carbocycles. The number of carbonyl (C=O) groups is 1. The molecule has 0 aliphatic carbocycles. The van der Waals surface area contributed by atoms with Crippen molar-refractivity contribution in [2.24, 2.45) is 11.7 Å². The van der Waals surface area contributed by atoms with Crippen molar-refractivity contribution in [1.29, 1.82) is 0 Å². The highest BCUT2D eigenvalue weighted by molar-refractivity contribution is 5.94. The first-order chi connectivity index (χ1) is 8.77. The van der Waals surface area contributed by atoms with Gasteiger partial charge in [-0.1, -0.05) is 18.2 Å². The summed E-state index contributed by atoms with van der Waals surface area (Å²) in [5.41, 5.74) is 6.74. The van der Waals surface area contributed by atoms with Crippen LogP contribution >= 0.6 is 0 Å². The molecule has 4 heteroatoms. The highest BCUT2D eigenvalue weighted by Gasteiger charge is 2.14. The maximum atomic E-state index is 11.2. The Morgan fingerprint density at radius 1 is 1.44 bits per heavy atom. The van der Waals surface area contributed by atoms with Gasteiger partial charge in [-0.2, -0.15) is 0 Å². The number of benzene rings is 1. The Hall–Kier alpha value is -1.39. The first-order valence-corrected chi connectivity index (χ1v) is 6.43. The first kappa shape index (κ1) is 13.1. The van der Waals surface area contributed by atoms with Gasteiger partial charge in [0.1, 0.15) is 0 Å². The lowest BCUT2D eigenvalue weighted by molar-refractivity contribution is 0.0971. The number of hydrogen-bond acceptors (Lipinski definition) is 3. The minimum atomic E-state index is -0.394. The molecule has 3 N–H and O–H groups in total. The van der Waals surface area contributed by atoms with E-state index in [0.717, 1.165) is 37.6 Å². The highest BCUT2D eigenvalue weighted by Crippen LogP contribution is 2.13. The summed E-state index contributed by atoms with van der Waals surface area (Å²) in [5.74, 6) is 0.338. The van der Waals surface area contributed by atoms with Crippen molar-refractivity contribution in [1.82, 2.24) is 5.32 Å². The van der Waals surface area contributed by atoms with Gasteiger partial charge in [-0.15, -0.1) is 0 Å². The molecule has 18 heavy (non-hydrogen) atoms. The summed E-state index contributed by atoms with van der Waals surface area (Å²) in [6.07, 6.45) is 2.31. The second-order valence-electron chi connectivity index (χ2n) is 4.72. The van der Waals surface area contributed by atoms with E-state index in [-0.39, 0.29) is 0 Å². The maximum absolute atomic E-state index is 11.2. The molecule has 1 aromatic carbocycles. The van der Waals surface area contributed by atoms with Crippen LogP contribution in [0.3, 0.4) is 0 Å². The van der Waals surface area contributed by atoms with E-state index in [1.54, 1.807) is 6.07 Å². The highest BCUT2D eigenvalue weighted by atomic mass is 16.5. The van der Waals surface area contributed by atoms with Crippen LogP contribution in [0.5, 0.6) is 0 Å². The van der Waals surface area contributed by atoms with Crippen LogP contribution in [0.15, 0.2) is 24.3 Å². The predicted molar refractivity (Wildman–Crippen MR) is 70.2 cm³/mol. The van der Waals surface area contributed by atoms with Crippen LogP contribution in [0.4, 0.5) is 0 Å². The molecular weight excluding hydrogens is 228 g/mol. The van der Waals surface area contributed by atoms with Gasteiger partial charge >= 0.3 is 0 Å². The largest absolute Gasteiger partial charge is 0.377 e. The Labute approximate surface area is 108 Å². The third-order valence-electron chi connectivity index (χ3n) is 3.37. The van der Waals surface area contributed by atoms with E-state index in [4.69, 9.17) is 10.5 Å². The lowest BCUT2D eigenvalue weighted by Crippen LogP contribution is -2.14. The van der Waals surface area contributed by atoms with E-state index in [1.165, 1.54) is 6.42 Å². The fourth-order valence-corrected chi connectivity index (χ4v) is 2.28. The summed E-state index contributed by atoms with van der Waals surface area (Å²) < 4.78 is 5.64. The number of hydrogen-bond donors (Lipinski definition) is 2. The zero-order valence-electron chi connectivity index (χ0n) is 10.5. The minimum Gasteiger partial charge on any atom is -0.377 e. The second kappa shape index (κ2) is 6.52. The number of primary amides is 1. The van der Waals surface area contributed by atoms with Gasteiger partial charge in [0.2, 0.25) is 5.91 Å². The van der Waals surface area contributed by atoms with Crippen molar-refractivity contribution < 1.29 is 9.53 Å². The molecule has 4 nitrogen and oxygen atoms in total. The molecular formula is C14H20N2O2. The molecule has 1 aliphatic rings. The van der Waals surface area contributed by atoms with E-state index in [0.29, 0.717) is 12.2 Å². The molecule has 1 fully saturated rings. The van der Waals surface area contributed by atoms with E-state index in [9.17, 15) is 4.79 Å². The van der Waals surface area contributed by atoms with Crippen LogP contribution < -0.4 is 11.1 Å². The first-order valence-electron chi connectivity index (χ1n) is 6.43. The number of nitrogens with two attached hydrogens (primary N) is 1. The third kappa shape index (κ3) is 3.55. The number of ether oxygens (including phenoxy) is 1. The van der Waals surface area contributed by atoms with Crippen molar-refractivity contribution in [3.8, 4) is 0 Å². The fraction of sp³-hybridized carbons (Fsp3) is 0.500. The summed E-state index contributed by atoms with van der Waals surface area (Å²) in [5, 5.41) is 3.34.